The third-order valence-electron chi connectivity index (χ3n) is 3.35. The summed E-state index contributed by atoms with van der Waals surface area (Å²) in [6.07, 6.45) is 3.01. The minimum Gasteiger partial charge on any atom is -0.435 e. The van der Waals surface area contributed by atoms with Crippen LogP contribution in [0.3, 0.4) is 0 Å². The fourth-order valence-electron chi connectivity index (χ4n) is 2.08. The quantitative estimate of drug-likeness (QED) is 0.599. The number of aryl methyl sites for hydroxylation is 1. The summed E-state index contributed by atoms with van der Waals surface area (Å²) in [5, 5.41) is 0.272. The van der Waals surface area contributed by atoms with Crippen LogP contribution >= 0.6 is 27.5 Å². The molecule has 0 aliphatic heterocycles. The molecule has 0 saturated heterocycles. The smallest absolute Gasteiger partial charge is 0.262 e. The van der Waals surface area contributed by atoms with Gasteiger partial charge in [-0.1, -0.05) is 27.5 Å². The SMILES string of the molecule is Cc1ncccc1Oc1ncc(Cl)cc1NS(=O)(=O)c1ccc(Br)cc1. The highest BCUT2D eigenvalue weighted by Gasteiger charge is 2.18. The zero-order valence-electron chi connectivity index (χ0n) is 13.5. The molecule has 3 rings (SSSR count). The number of rotatable bonds is 5. The number of nitrogens with one attached hydrogen (secondary N) is 1. The molecule has 3 aromatic rings. The van der Waals surface area contributed by atoms with Gasteiger partial charge in [0.15, 0.2) is 5.75 Å². The summed E-state index contributed by atoms with van der Waals surface area (Å²) >= 11 is 9.25. The Balaban J connectivity index is 1.95. The number of benzene rings is 1. The summed E-state index contributed by atoms with van der Waals surface area (Å²) in [4.78, 5) is 8.32. The van der Waals surface area contributed by atoms with Gasteiger partial charge in [0.25, 0.3) is 10.0 Å². The molecule has 2 aromatic heterocycles. The molecule has 0 aliphatic carbocycles. The number of anilines is 1. The van der Waals surface area contributed by atoms with Gasteiger partial charge in [-0.05, 0) is 49.4 Å². The van der Waals surface area contributed by atoms with Crippen LogP contribution in [0.2, 0.25) is 5.02 Å². The van der Waals surface area contributed by atoms with E-state index in [1.807, 2.05) is 0 Å². The molecule has 26 heavy (non-hydrogen) atoms. The molecule has 0 atom stereocenters. The number of aromatic nitrogens is 2. The number of sulfonamides is 1. The highest BCUT2D eigenvalue weighted by Crippen LogP contribution is 2.32. The lowest BCUT2D eigenvalue weighted by Crippen LogP contribution is -2.14. The molecule has 6 nitrogen and oxygen atoms in total. The van der Waals surface area contributed by atoms with Crippen molar-refractivity contribution in [3.8, 4) is 11.6 Å². The van der Waals surface area contributed by atoms with Crippen LogP contribution in [0.15, 0.2) is 64.2 Å². The first-order chi connectivity index (χ1) is 12.3. The predicted octanol–water partition coefficient (Wildman–Crippen LogP) is 4.79. The van der Waals surface area contributed by atoms with Crippen LogP contribution in [-0.4, -0.2) is 18.4 Å². The molecule has 0 saturated carbocycles. The molecule has 0 radical (unpaired) electrons. The number of hydrogen-bond acceptors (Lipinski definition) is 5. The summed E-state index contributed by atoms with van der Waals surface area (Å²) in [5.41, 5.74) is 0.773. The van der Waals surface area contributed by atoms with Crippen molar-refractivity contribution in [1.82, 2.24) is 9.97 Å². The lowest BCUT2D eigenvalue weighted by molar-refractivity contribution is 0.459. The van der Waals surface area contributed by atoms with E-state index in [9.17, 15) is 8.42 Å². The van der Waals surface area contributed by atoms with Crippen molar-refractivity contribution in [3.63, 3.8) is 0 Å². The molecule has 0 bridgehead atoms. The van der Waals surface area contributed by atoms with Crippen LogP contribution < -0.4 is 9.46 Å². The predicted molar refractivity (Wildman–Crippen MR) is 103 cm³/mol. The van der Waals surface area contributed by atoms with Crippen molar-refractivity contribution < 1.29 is 13.2 Å². The molecule has 1 N–H and O–H groups in total. The van der Waals surface area contributed by atoms with Gasteiger partial charge in [0, 0.05) is 16.9 Å². The monoisotopic (exact) mass is 453 g/mol. The van der Waals surface area contributed by atoms with Gasteiger partial charge >= 0.3 is 0 Å². The van der Waals surface area contributed by atoms with E-state index >= 15 is 0 Å². The van der Waals surface area contributed by atoms with E-state index in [2.05, 4.69) is 30.6 Å². The van der Waals surface area contributed by atoms with Crippen molar-refractivity contribution in [2.75, 3.05) is 4.72 Å². The minimum atomic E-state index is -3.84. The Bertz CT molecular complexity index is 1040. The first-order valence-corrected chi connectivity index (χ1v) is 10.0. The second-order valence-corrected chi connectivity index (χ2v) is 8.29. The Hall–Kier alpha value is -2.16. The normalized spacial score (nSPS) is 11.2. The molecule has 0 spiro atoms. The Morgan fingerprint density at radius 1 is 1.15 bits per heavy atom. The number of halogens is 2. The largest absolute Gasteiger partial charge is 0.435 e. The zero-order valence-corrected chi connectivity index (χ0v) is 16.6. The molecule has 0 amide bonds. The lowest BCUT2D eigenvalue weighted by Gasteiger charge is -2.13. The fourth-order valence-corrected chi connectivity index (χ4v) is 3.55. The summed E-state index contributed by atoms with van der Waals surface area (Å²) in [7, 11) is -3.84. The van der Waals surface area contributed by atoms with Gasteiger partial charge in [-0.25, -0.2) is 13.4 Å². The van der Waals surface area contributed by atoms with E-state index < -0.39 is 10.0 Å². The van der Waals surface area contributed by atoms with E-state index in [1.165, 1.54) is 24.4 Å². The van der Waals surface area contributed by atoms with Gasteiger partial charge in [0.2, 0.25) is 5.88 Å². The Kier molecular flexibility index (Phi) is 5.45. The van der Waals surface area contributed by atoms with Crippen LogP contribution in [0.25, 0.3) is 0 Å². The summed E-state index contributed by atoms with van der Waals surface area (Å²) in [6.45, 7) is 1.77. The summed E-state index contributed by atoms with van der Waals surface area (Å²) in [6, 6.07) is 11.1. The lowest BCUT2D eigenvalue weighted by atomic mass is 10.3. The van der Waals surface area contributed by atoms with E-state index in [4.69, 9.17) is 16.3 Å². The number of ether oxygens (including phenoxy) is 1. The van der Waals surface area contributed by atoms with E-state index in [1.54, 1.807) is 37.4 Å². The second-order valence-electron chi connectivity index (χ2n) is 5.25. The number of nitrogens with zero attached hydrogens (tertiary/aromatic N) is 2. The van der Waals surface area contributed by atoms with Crippen LogP contribution in [0.4, 0.5) is 5.69 Å². The topological polar surface area (TPSA) is 81.2 Å². The first-order valence-electron chi connectivity index (χ1n) is 7.38. The van der Waals surface area contributed by atoms with Gasteiger partial charge in [-0.3, -0.25) is 9.71 Å². The molecule has 0 fully saturated rings. The average molecular weight is 455 g/mol. The molecule has 134 valence electrons. The van der Waals surface area contributed by atoms with Crippen molar-refractivity contribution in [2.45, 2.75) is 11.8 Å². The maximum Gasteiger partial charge on any atom is 0.262 e. The maximum absolute atomic E-state index is 12.6. The van der Waals surface area contributed by atoms with Crippen LogP contribution in [-0.2, 0) is 10.0 Å². The van der Waals surface area contributed by atoms with Gasteiger partial charge in [0.05, 0.1) is 15.6 Å². The molecule has 0 aliphatic rings. The molecular formula is C17H13BrClN3O3S. The second kappa shape index (κ2) is 7.61. The van der Waals surface area contributed by atoms with E-state index in [0.717, 1.165) is 4.47 Å². The number of hydrogen-bond donors (Lipinski definition) is 1. The standard InChI is InChI=1S/C17H13BrClN3O3S/c1-11-16(3-2-8-20-11)25-17-15(9-13(19)10-21-17)22-26(23,24)14-6-4-12(18)5-7-14/h2-10,22H,1H3. The summed E-state index contributed by atoms with van der Waals surface area (Å²) in [5.74, 6) is 0.539. The van der Waals surface area contributed by atoms with Gasteiger partial charge in [-0.15, -0.1) is 0 Å². The fraction of sp³-hybridized carbons (Fsp3) is 0.0588. The highest BCUT2D eigenvalue weighted by molar-refractivity contribution is 9.10. The molecule has 2 heterocycles. The third kappa shape index (κ3) is 4.32. The summed E-state index contributed by atoms with van der Waals surface area (Å²) < 4.78 is 34.2. The molecule has 0 unspecified atom stereocenters. The Morgan fingerprint density at radius 2 is 1.88 bits per heavy atom. The van der Waals surface area contributed by atoms with E-state index in [-0.39, 0.29) is 21.5 Å². The van der Waals surface area contributed by atoms with E-state index in [0.29, 0.717) is 11.4 Å². The minimum absolute atomic E-state index is 0.0752. The number of pyridine rings is 2. The van der Waals surface area contributed by atoms with Crippen molar-refractivity contribution >= 4 is 43.2 Å². The van der Waals surface area contributed by atoms with Crippen LogP contribution in [0.5, 0.6) is 11.6 Å². The van der Waals surface area contributed by atoms with Gasteiger partial charge in [0.1, 0.15) is 5.69 Å². The Labute approximate surface area is 164 Å². The molecule has 9 heteroatoms. The van der Waals surface area contributed by atoms with Crippen molar-refractivity contribution in [2.24, 2.45) is 0 Å². The zero-order chi connectivity index (χ0) is 18.7. The van der Waals surface area contributed by atoms with Gasteiger partial charge < -0.3 is 4.74 Å². The first kappa shape index (κ1) is 18.6. The van der Waals surface area contributed by atoms with Crippen LogP contribution in [0, 0.1) is 6.92 Å². The maximum atomic E-state index is 12.6. The molecule has 1 aromatic carbocycles. The average Bonchev–Trinajstić information content (AvgIpc) is 2.59. The Morgan fingerprint density at radius 3 is 2.58 bits per heavy atom. The van der Waals surface area contributed by atoms with Crippen molar-refractivity contribution in [1.29, 1.82) is 0 Å². The molecular weight excluding hydrogens is 442 g/mol. The third-order valence-corrected chi connectivity index (χ3v) is 5.47. The van der Waals surface area contributed by atoms with Crippen LogP contribution in [0.1, 0.15) is 5.69 Å². The van der Waals surface area contributed by atoms with Gasteiger partial charge in [-0.2, -0.15) is 0 Å². The van der Waals surface area contributed by atoms with Crippen molar-refractivity contribution in [3.05, 3.63) is 70.0 Å². The highest BCUT2D eigenvalue weighted by atomic mass is 79.9.